The van der Waals surface area contributed by atoms with Crippen molar-refractivity contribution in [2.75, 3.05) is 0 Å². The summed E-state index contributed by atoms with van der Waals surface area (Å²) in [7, 11) is 0. The molecule has 1 amide bonds. The average molecular weight is 372 g/mol. The largest absolute Gasteiger partial charge is 0.419 e. The summed E-state index contributed by atoms with van der Waals surface area (Å²) in [6.07, 6.45) is 1.82. The summed E-state index contributed by atoms with van der Waals surface area (Å²) in [5.41, 5.74) is 0.949. The van der Waals surface area contributed by atoms with Crippen LogP contribution in [0.1, 0.15) is 29.1 Å². The van der Waals surface area contributed by atoms with E-state index in [0.29, 0.717) is 27.9 Å². The number of nitrogens with zero attached hydrogens (tertiary/aromatic N) is 3. The van der Waals surface area contributed by atoms with Gasteiger partial charge in [-0.15, -0.1) is 10.2 Å². The number of aromatic nitrogens is 2. The Morgan fingerprint density at radius 3 is 2.73 bits per heavy atom. The van der Waals surface area contributed by atoms with Gasteiger partial charge in [0.2, 0.25) is 11.8 Å². The van der Waals surface area contributed by atoms with E-state index in [4.69, 9.17) is 16.0 Å². The van der Waals surface area contributed by atoms with E-state index in [2.05, 4.69) is 10.2 Å². The van der Waals surface area contributed by atoms with Gasteiger partial charge in [0, 0.05) is 11.6 Å². The summed E-state index contributed by atoms with van der Waals surface area (Å²) in [6.45, 7) is 0.178. The Bertz CT molecular complexity index is 955. The van der Waals surface area contributed by atoms with Crippen LogP contribution in [0.5, 0.6) is 0 Å². The fourth-order valence-electron chi connectivity index (χ4n) is 2.75. The smallest absolute Gasteiger partial charge is 0.254 e. The topological polar surface area (TPSA) is 59.2 Å². The zero-order chi connectivity index (χ0) is 18.1. The molecular formula is C19H15ClFN3O2. The fourth-order valence-corrected chi connectivity index (χ4v) is 2.96. The maximum absolute atomic E-state index is 13.4. The van der Waals surface area contributed by atoms with Gasteiger partial charge < -0.3 is 9.32 Å². The molecule has 2 aromatic carbocycles. The van der Waals surface area contributed by atoms with Crippen molar-refractivity contribution >= 4 is 17.5 Å². The number of halogens is 2. The lowest BCUT2D eigenvalue weighted by atomic mass is 10.2. The van der Waals surface area contributed by atoms with Crippen LogP contribution < -0.4 is 0 Å². The lowest BCUT2D eigenvalue weighted by molar-refractivity contribution is 0.0714. The molecule has 3 aromatic rings. The first-order valence-electron chi connectivity index (χ1n) is 8.25. The molecule has 1 saturated carbocycles. The van der Waals surface area contributed by atoms with Crippen molar-refractivity contribution in [2.24, 2.45) is 0 Å². The van der Waals surface area contributed by atoms with Crippen molar-refractivity contribution in [1.82, 2.24) is 15.1 Å². The molecule has 1 fully saturated rings. The number of rotatable bonds is 5. The molecular weight excluding hydrogens is 357 g/mol. The molecule has 0 spiro atoms. The van der Waals surface area contributed by atoms with Gasteiger partial charge in [-0.1, -0.05) is 29.8 Å². The Hall–Kier alpha value is -2.73. The molecule has 0 N–H and O–H groups in total. The zero-order valence-electron chi connectivity index (χ0n) is 13.7. The molecule has 1 aliphatic rings. The van der Waals surface area contributed by atoms with Crippen molar-refractivity contribution < 1.29 is 13.6 Å². The van der Waals surface area contributed by atoms with E-state index in [-0.39, 0.29) is 18.5 Å². The average Bonchev–Trinajstić information content (AvgIpc) is 3.38. The summed E-state index contributed by atoms with van der Waals surface area (Å²) in [5.74, 6) is -0.0639. The Morgan fingerprint density at radius 2 is 2.00 bits per heavy atom. The minimum Gasteiger partial charge on any atom is -0.419 e. The molecule has 0 bridgehead atoms. The van der Waals surface area contributed by atoms with Crippen molar-refractivity contribution in [2.45, 2.75) is 25.4 Å². The van der Waals surface area contributed by atoms with Crippen molar-refractivity contribution in [3.8, 4) is 11.5 Å². The molecule has 5 nitrogen and oxygen atoms in total. The molecule has 26 heavy (non-hydrogen) atoms. The van der Waals surface area contributed by atoms with Gasteiger partial charge in [0.25, 0.3) is 5.91 Å². The SMILES string of the molecule is O=C(c1cccc(F)c1)N(Cc1nnc(-c2ccccc2Cl)o1)C1CC1. The molecule has 4 rings (SSSR count). The van der Waals surface area contributed by atoms with E-state index in [1.807, 2.05) is 12.1 Å². The van der Waals surface area contributed by atoms with Crippen LogP contribution in [-0.2, 0) is 6.54 Å². The second kappa shape index (κ2) is 6.88. The first-order valence-corrected chi connectivity index (χ1v) is 8.63. The molecule has 0 saturated heterocycles. The van der Waals surface area contributed by atoms with Crippen LogP contribution >= 0.6 is 11.6 Å². The van der Waals surface area contributed by atoms with Crippen LogP contribution in [0.15, 0.2) is 52.9 Å². The third-order valence-corrected chi connectivity index (χ3v) is 4.53. The molecule has 7 heteroatoms. The van der Waals surface area contributed by atoms with Crippen LogP contribution in [0.3, 0.4) is 0 Å². The van der Waals surface area contributed by atoms with E-state index >= 15 is 0 Å². The monoisotopic (exact) mass is 371 g/mol. The van der Waals surface area contributed by atoms with Gasteiger partial charge in [-0.25, -0.2) is 4.39 Å². The minimum atomic E-state index is -0.439. The van der Waals surface area contributed by atoms with E-state index in [1.54, 1.807) is 23.1 Å². The zero-order valence-corrected chi connectivity index (χ0v) is 14.5. The van der Waals surface area contributed by atoms with Crippen LogP contribution in [0.4, 0.5) is 4.39 Å². The molecule has 0 aliphatic heterocycles. The highest BCUT2D eigenvalue weighted by Crippen LogP contribution is 2.31. The molecule has 1 aromatic heterocycles. The first-order chi connectivity index (χ1) is 12.6. The predicted molar refractivity (Wildman–Crippen MR) is 94.0 cm³/mol. The number of hydrogen-bond donors (Lipinski definition) is 0. The normalized spacial score (nSPS) is 13.6. The highest BCUT2D eigenvalue weighted by molar-refractivity contribution is 6.33. The van der Waals surface area contributed by atoms with E-state index < -0.39 is 5.82 Å². The highest BCUT2D eigenvalue weighted by Gasteiger charge is 2.34. The Morgan fingerprint density at radius 1 is 1.19 bits per heavy atom. The van der Waals surface area contributed by atoms with Crippen LogP contribution in [-0.4, -0.2) is 27.0 Å². The van der Waals surface area contributed by atoms with Crippen molar-refractivity contribution in [3.63, 3.8) is 0 Å². The Labute approximate surface area is 154 Å². The van der Waals surface area contributed by atoms with Gasteiger partial charge in [0.05, 0.1) is 17.1 Å². The van der Waals surface area contributed by atoms with E-state index in [1.165, 1.54) is 18.2 Å². The van der Waals surface area contributed by atoms with Gasteiger partial charge in [-0.05, 0) is 43.2 Å². The van der Waals surface area contributed by atoms with Gasteiger partial charge in [-0.2, -0.15) is 0 Å². The molecule has 1 aliphatic carbocycles. The van der Waals surface area contributed by atoms with Crippen molar-refractivity contribution in [1.29, 1.82) is 0 Å². The van der Waals surface area contributed by atoms with Gasteiger partial charge in [0.15, 0.2) is 0 Å². The summed E-state index contributed by atoms with van der Waals surface area (Å²) in [5, 5.41) is 8.57. The van der Waals surface area contributed by atoms with E-state index in [0.717, 1.165) is 12.8 Å². The van der Waals surface area contributed by atoms with Gasteiger partial charge >= 0.3 is 0 Å². The number of carbonyl (C=O) groups excluding carboxylic acids is 1. The third kappa shape index (κ3) is 3.46. The molecule has 0 unspecified atom stereocenters. The van der Waals surface area contributed by atoms with Crippen LogP contribution in [0, 0.1) is 5.82 Å². The van der Waals surface area contributed by atoms with Crippen LogP contribution in [0.25, 0.3) is 11.5 Å². The molecule has 0 atom stereocenters. The number of amides is 1. The Balaban J connectivity index is 1.57. The van der Waals surface area contributed by atoms with E-state index in [9.17, 15) is 9.18 Å². The summed E-state index contributed by atoms with van der Waals surface area (Å²) in [4.78, 5) is 14.4. The third-order valence-electron chi connectivity index (χ3n) is 4.20. The number of carbonyl (C=O) groups is 1. The fraction of sp³-hybridized carbons (Fsp3) is 0.211. The number of hydrogen-bond acceptors (Lipinski definition) is 4. The van der Waals surface area contributed by atoms with Crippen LogP contribution in [0.2, 0.25) is 5.02 Å². The maximum Gasteiger partial charge on any atom is 0.254 e. The quantitative estimate of drug-likeness (QED) is 0.669. The predicted octanol–water partition coefficient (Wildman–Crippen LogP) is 4.33. The maximum atomic E-state index is 13.4. The van der Waals surface area contributed by atoms with Gasteiger partial charge in [0.1, 0.15) is 5.82 Å². The molecule has 132 valence electrons. The number of benzene rings is 2. The van der Waals surface area contributed by atoms with Crippen molar-refractivity contribution in [3.05, 3.63) is 70.8 Å². The summed E-state index contributed by atoms with van der Waals surface area (Å²) in [6, 6.07) is 13.0. The molecule has 1 heterocycles. The highest BCUT2D eigenvalue weighted by atomic mass is 35.5. The first kappa shape index (κ1) is 16.7. The van der Waals surface area contributed by atoms with Gasteiger partial charge in [-0.3, -0.25) is 4.79 Å². The summed E-state index contributed by atoms with van der Waals surface area (Å²) >= 11 is 6.15. The second-order valence-corrected chi connectivity index (χ2v) is 6.56. The Kier molecular flexibility index (Phi) is 4.42. The standard InChI is InChI=1S/C19H15ClFN3O2/c20-16-7-2-1-6-15(16)18-23-22-17(26-18)11-24(14-8-9-14)19(25)12-4-3-5-13(21)10-12/h1-7,10,14H,8-9,11H2. The lowest BCUT2D eigenvalue weighted by Crippen LogP contribution is -2.32. The molecule has 0 radical (unpaired) electrons. The summed E-state index contributed by atoms with van der Waals surface area (Å²) < 4.78 is 19.1. The second-order valence-electron chi connectivity index (χ2n) is 6.16. The minimum absolute atomic E-state index is 0.112. The lowest BCUT2D eigenvalue weighted by Gasteiger charge is -2.20.